The third-order valence-corrected chi connectivity index (χ3v) is 4.74. The Hall–Kier alpha value is -2.86. The number of anilines is 1. The number of aromatic nitrogens is 2. The monoisotopic (exact) mass is 380 g/mol. The van der Waals surface area contributed by atoms with Crippen LogP contribution in [0, 0.1) is 10.7 Å². The Bertz CT molecular complexity index is 932. The quantitative estimate of drug-likeness (QED) is 0.532. The minimum absolute atomic E-state index is 0.114. The molecule has 1 heterocycles. The number of hydrogen-bond acceptors (Lipinski definition) is 3. The van der Waals surface area contributed by atoms with E-state index in [1.165, 1.54) is 0 Å². The molecule has 5 nitrogen and oxygen atoms in total. The molecule has 0 aliphatic carbocycles. The molecular weight excluding hydrogens is 356 g/mol. The van der Waals surface area contributed by atoms with E-state index >= 15 is 0 Å². The van der Waals surface area contributed by atoms with Crippen LogP contribution >= 0.6 is 12.2 Å². The van der Waals surface area contributed by atoms with Crippen molar-refractivity contribution >= 4 is 23.8 Å². The number of hydrogen-bond donors (Lipinski definition) is 3. The third-order valence-electron chi connectivity index (χ3n) is 4.44. The van der Waals surface area contributed by atoms with Crippen molar-refractivity contribution in [2.75, 3.05) is 11.9 Å². The van der Waals surface area contributed by atoms with Gasteiger partial charge in [-0.25, -0.2) is 0 Å². The number of amides is 1. The Kier molecular flexibility index (Phi) is 6.08. The minimum Gasteiger partial charge on any atom is -0.380 e. The molecular formula is C21H24N4OS. The third kappa shape index (κ3) is 4.65. The summed E-state index contributed by atoms with van der Waals surface area (Å²) >= 11 is 5.35. The van der Waals surface area contributed by atoms with E-state index in [0.717, 1.165) is 11.4 Å². The lowest BCUT2D eigenvalue weighted by Crippen LogP contribution is -2.40. The summed E-state index contributed by atoms with van der Waals surface area (Å²) in [5, 5.41) is 6.52. The Morgan fingerprint density at radius 3 is 2.33 bits per heavy atom. The normalized spacial score (nSPS) is 12.0. The number of benzene rings is 2. The number of rotatable bonds is 7. The summed E-state index contributed by atoms with van der Waals surface area (Å²) in [7, 11) is 0. The molecule has 0 spiro atoms. The van der Waals surface area contributed by atoms with Gasteiger partial charge in [-0.2, -0.15) is 0 Å². The van der Waals surface area contributed by atoms with Gasteiger partial charge in [-0.1, -0.05) is 50.2 Å². The lowest BCUT2D eigenvalue weighted by molar-refractivity contribution is 0.0943. The van der Waals surface area contributed by atoms with Crippen molar-refractivity contribution in [1.29, 1.82) is 0 Å². The maximum Gasteiger partial charge on any atom is 0.269 e. The fourth-order valence-electron chi connectivity index (χ4n) is 2.86. The van der Waals surface area contributed by atoms with Gasteiger partial charge in [-0.15, -0.1) is 0 Å². The summed E-state index contributed by atoms with van der Waals surface area (Å²) in [5.74, 6) is 0.194. The fraction of sp³-hybridized carbons (Fsp3) is 0.238. The lowest BCUT2D eigenvalue weighted by atomic mass is 10.0. The van der Waals surface area contributed by atoms with Gasteiger partial charge in [0, 0.05) is 30.2 Å². The van der Waals surface area contributed by atoms with Crippen molar-refractivity contribution in [3.05, 3.63) is 77.3 Å². The van der Waals surface area contributed by atoms with Crippen LogP contribution in [0.3, 0.4) is 0 Å². The van der Waals surface area contributed by atoms with Crippen LogP contribution in [-0.4, -0.2) is 28.0 Å². The summed E-state index contributed by atoms with van der Waals surface area (Å²) in [5.41, 5.74) is 2.39. The van der Waals surface area contributed by atoms with Crippen LogP contribution in [0.5, 0.6) is 0 Å². The summed E-state index contributed by atoms with van der Waals surface area (Å²) in [6.45, 7) is 4.78. The van der Waals surface area contributed by atoms with Gasteiger partial charge in [0.25, 0.3) is 5.91 Å². The maximum absolute atomic E-state index is 12.8. The van der Waals surface area contributed by atoms with Crippen molar-refractivity contribution in [2.24, 2.45) is 5.92 Å². The number of H-pyrrole nitrogens is 1. The molecule has 3 rings (SSSR count). The van der Waals surface area contributed by atoms with Gasteiger partial charge in [0.15, 0.2) is 4.77 Å². The van der Waals surface area contributed by atoms with E-state index < -0.39 is 0 Å². The van der Waals surface area contributed by atoms with Crippen molar-refractivity contribution in [3.8, 4) is 5.69 Å². The first-order valence-corrected chi connectivity index (χ1v) is 9.42. The van der Waals surface area contributed by atoms with Crippen LogP contribution in [0.2, 0.25) is 0 Å². The van der Waals surface area contributed by atoms with Crippen LogP contribution < -0.4 is 10.6 Å². The average molecular weight is 381 g/mol. The molecule has 0 radical (unpaired) electrons. The van der Waals surface area contributed by atoms with Gasteiger partial charge in [0.05, 0.1) is 0 Å². The van der Waals surface area contributed by atoms with Gasteiger partial charge in [-0.05, 0) is 42.4 Å². The van der Waals surface area contributed by atoms with Gasteiger partial charge in [0.1, 0.15) is 5.69 Å². The zero-order chi connectivity index (χ0) is 19.2. The summed E-state index contributed by atoms with van der Waals surface area (Å²) in [4.78, 5) is 15.8. The molecule has 3 N–H and O–H groups in total. The predicted octanol–water partition coefficient (Wildman–Crippen LogP) is 4.40. The van der Waals surface area contributed by atoms with Crippen LogP contribution in [0.4, 0.5) is 5.69 Å². The molecule has 3 aromatic rings. The maximum atomic E-state index is 12.8. The van der Waals surface area contributed by atoms with Crippen LogP contribution in [-0.2, 0) is 0 Å². The highest BCUT2D eigenvalue weighted by Crippen LogP contribution is 2.14. The molecule has 0 bridgehead atoms. The van der Waals surface area contributed by atoms with E-state index in [1.54, 1.807) is 10.8 Å². The van der Waals surface area contributed by atoms with Crippen LogP contribution in [0.1, 0.15) is 24.3 Å². The number of nitrogens with zero attached hydrogens (tertiary/aromatic N) is 1. The second kappa shape index (κ2) is 8.68. The van der Waals surface area contributed by atoms with E-state index in [2.05, 4.69) is 29.5 Å². The zero-order valence-electron chi connectivity index (χ0n) is 15.5. The van der Waals surface area contributed by atoms with E-state index in [-0.39, 0.29) is 11.9 Å². The number of carbonyl (C=O) groups excluding carboxylic acids is 1. The molecule has 140 valence electrons. The summed E-state index contributed by atoms with van der Waals surface area (Å²) < 4.78 is 2.24. The Morgan fingerprint density at radius 1 is 1.07 bits per heavy atom. The van der Waals surface area contributed by atoms with E-state index in [1.807, 2.05) is 60.7 Å². The lowest BCUT2D eigenvalue weighted by Gasteiger charge is -2.24. The van der Waals surface area contributed by atoms with E-state index in [4.69, 9.17) is 12.2 Å². The molecule has 1 aromatic heterocycles. The van der Waals surface area contributed by atoms with Crippen molar-refractivity contribution < 1.29 is 4.79 Å². The van der Waals surface area contributed by atoms with Crippen LogP contribution in [0.15, 0.2) is 66.9 Å². The highest BCUT2D eigenvalue weighted by molar-refractivity contribution is 7.71. The first-order chi connectivity index (χ1) is 13.1. The molecule has 0 aliphatic rings. The van der Waals surface area contributed by atoms with Crippen molar-refractivity contribution in [3.63, 3.8) is 0 Å². The standard InChI is InChI=1S/C21H24N4OS/c1-15(2)18(24-16-9-5-3-6-10-16)13-22-20(26)19-14-23-21(27)25(19)17-11-7-4-8-12-17/h3-12,14-15,18,24H,13H2,1-2H3,(H,22,26)(H,23,27). The number of carbonyl (C=O) groups is 1. The molecule has 0 fully saturated rings. The second-order valence-electron chi connectivity index (χ2n) is 6.72. The Morgan fingerprint density at radius 2 is 1.70 bits per heavy atom. The minimum atomic E-state index is -0.160. The van der Waals surface area contributed by atoms with Crippen LogP contribution in [0.25, 0.3) is 5.69 Å². The molecule has 0 saturated heterocycles. The number of para-hydroxylation sites is 2. The smallest absolute Gasteiger partial charge is 0.269 e. The molecule has 1 unspecified atom stereocenters. The topological polar surface area (TPSA) is 61.9 Å². The van der Waals surface area contributed by atoms with Gasteiger partial charge in [0.2, 0.25) is 0 Å². The molecule has 6 heteroatoms. The molecule has 0 aliphatic heterocycles. The Labute approximate surface area is 164 Å². The van der Waals surface area contributed by atoms with Crippen molar-refractivity contribution in [1.82, 2.24) is 14.9 Å². The van der Waals surface area contributed by atoms with Gasteiger partial charge in [-0.3, -0.25) is 9.36 Å². The molecule has 1 amide bonds. The van der Waals surface area contributed by atoms with Gasteiger partial charge >= 0.3 is 0 Å². The first kappa shape index (κ1) is 18.9. The zero-order valence-corrected chi connectivity index (χ0v) is 16.3. The molecule has 0 saturated carbocycles. The second-order valence-corrected chi connectivity index (χ2v) is 7.11. The van der Waals surface area contributed by atoms with Crippen molar-refractivity contribution in [2.45, 2.75) is 19.9 Å². The number of imidazole rings is 1. The summed E-state index contributed by atoms with van der Waals surface area (Å²) in [6.07, 6.45) is 1.65. The highest BCUT2D eigenvalue weighted by Gasteiger charge is 2.18. The SMILES string of the molecule is CC(C)C(CNC(=O)c1c[nH]c(=S)n1-c1ccccc1)Nc1ccccc1. The fourth-order valence-corrected chi connectivity index (χ4v) is 3.13. The Balaban J connectivity index is 1.73. The first-order valence-electron chi connectivity index (χ1n) is 9.02. The van der Waals surface area contributed by atoms with E-state index in [9.17, 15) is 4.79 Å². The molecule has 1 atom stereocenters. The largest absolute Gasteiger partial charge is 0.380 e. The number of nitrogens with one attached hydrogen (secondary N) is 3. The highest BCUT2D eigenvalue weighted by atomic mass is 32.1. The predicted molar refractivity (Wildman–Crippen MR) is 112 cm³/mol. The van der Waals surface area contributed by atoms with E-state index in [0.29, 0.717) is 22.9 Å². The van der Waals surface area contributed by atoms with Gasteiger partial charge < -0.3 is 15.6 Å². The molecule has 2 aromatic carbocycles. The summed E-state index contributed by atoms with van der Waals surface area (Å²) in [6, 6.07) is 19.8. The number of aromatic amines is 1. The molecule has 27 heavy (non-hydrogen) atoms. The average Bonchev–Trinajstić information content (AvgIpc) is 3.07.